The van der Waals surface area contributed by atoms with Gasteiger partial charge in [0.2, 0.25) is 0 Å². The first-order chi connectivity index (χ1) is 12.7. The van der Waals surface area contributed by atoms with E-state index in [1.807, 2.05) is 0 Å². The molecule has 0 N–H and O–H groups in total. The van der Waals surface area contributed by atoms with Gasteiger partial charge < -0.3 is 27.6 Å². The van der Waals surface area contributed by atoms with Gasteiger partial charge in [0, 0.05) is 0 Å². The van der Waals surface area contributed by atoms with Crippen LogP contribution in [0.2, 0.25) is 0 Å². The largest absolute Gasteiger partial charge is 0.343 e. The molecule has 158 valence electrons. The molecule has 0 saturated carbocycles. The van der Waals surface area contributed by atoms with Gasteiger partial charge >= 0.3 is 15.2 Å². The van der Waals surface area contributed by atoms with E-state index in [0.29, 0.717) is 0 Å². The van der Waals surface area contributed by atoms with Crippen molar-refractivity contribution in [1.29, 1.82) is 0 Å². The molecule has 0 bridgehead atoms. The first kappa shape index (κ1) is 23.2. The fourth-order valence-electron chi connectivity index (χ4n) is 3.50. The van der Waals surface area contributed by atoms with Gasteiger partial charge in [0.1, 0.15) is 23.5 Å². The molecule has 0 spiro atoms. The Bertz CT molecular complexity index is 550. The zero-order chi connectivity index (χ0) is 20.3. The maximum atomic E-state index is 13.4. The fraction of sp³-hybridized carbons (Fsp3) is 0.882. The quantitative estimate of drug-likeness (QED) is 0.376. The van der Waals surface area contributed by atoms with Gasteiger partial charge in [0.05, 0.1) is 26.4 Å². The van der Waals surface area contributed by atoms with Gasteiger partial charge in [-0.2, -0.15) is 0 Å². The smallest absolute Gasteiger partial charge is 0.340 e. The molecule has 4 atom stereocenters. The van der Waals surface area contributed by atoms with E-state index in [2.05, 4.69) is 0 Å². The highest BCUT2D eigenvalue weighted by molar-refractivity contribution is 7.55. The minimum absolute atomic E-state index is 0.239. The highest BCUT2D eigenvalue weighted by atomic mass is 31.2. The summed E-state index contributed by atoms with van der Waals surface area (Å²) in [5.74, 6) is -0.940. The second-order valence-electron chi connectivity index (χ2n) is 6.68. The standard InChI is InChI=1S/C17H32O8P2/c1-7-20-26(18,21-8-2)13-11-12-14(27(19,22-9-3)23-10-4)16-15(13)24-17(5,6)25-16/h11-16H,7-10H2,1-6H3/t13-,14+,15+,16-. The van der Waals surface area contributed by atoms with E-state index in [1.165, 1.54) is 0 Å². The van der Waals surface area contributed by atoms with E-state index in [1.54, 1.807) is 53.7 Å². The van der Waals surface area contributed by atoms with Crippen molar-refractivity contribution in [3.8, 4) is 0 Å². The molecule has 8 nitrogen and oxygen atoms in total. The van der Waals surface area contributed by atoms with Gasteiger partial charge in [-0.15, -0.1) is 0 Å². The number of hydrogen-bond donors (Lipinski definition) is 0. The minimum Gasteiger partial charge on any atom is -0.343 e. The summed E-state index contributed by atoms with van der Waals surface area (Å²) in [6, 6.07) is 0. The molecule has 2 aliphatic rings. The molecule has 1 aliphatic heterocycles. The highest BCUT2D eigenvalue weighted by Gasteiger charge is 2.59. The summed E-state index contributed by atoms with van der Waals surface area (Å²) in [6.07, 6.45) is 2.06. The van der Waals surface area contributed by atoms with Crippen molar-refractivity contribution < 1.29 is 36.7 Å². The van der Waals surface area contributed by atoms with Gasteiger partial charge in [-0.3, -0.25) is 9.13 Å². The van der Waals surface area contributed by atoms with E-state index in [4.69, 9.17) is 27.6 Å². The Morgan fingerprint density at radius 2 is 1.04 bits per heavy atom. The normalized spacial score (nSPS) is 30.4. The van der Waals surface area contributed by atoms with Gasteiger partial charge in [-0.05, 0) is 41.5 Å². The Kier molecular flexibility index (Phi) is 7.91. The molecule has 0 amide bonds. The van der Waals surface area contributed by atoms with Crippen LogP contribution in [-0.4, -0.2) is 55.7 Å². The molecule has 0 aromatic rings. The van der Waals surface area contributed by atoms with Crippen molar-refractivity contribution in [3.05, 3.63) is 12.2 Å². The van der Waals surface area contributed by atoms with Crippen LogP contribution in [0.3, 0.4) is 0 Å². The second-order valence-corrected chi connectivity index (χ2v) is 11.1. The van der Waals surface area contributed by atoms with Crippen LogP contribution in [-0.2, 0) is 36.7 Å². The average molecular weight is 426 g/mol. The molecule has 0 unspecified atom stereocenters. The number of fused-ring (bicyclic) bond motifs is 1. The first-order valence-corrected chi connectivity index (χ1v) is 12.7. The van der Waals surface area contributed by atoms with Crippen molar-refractivity contribution >= 4 is 15.2 Å². The molecule has 0 radical (unpaired) electrons. The lowest BCUT2D eigenvalue weighted by Gasteiger charge is -2.37. The van der Waals surface area contributed by atoms with E-state index in [0.717, 1.165) is 0 Å². The Balaban J connectivity index is 2.46. The van der Waals surface area contributed by atoms with E-state index in [-0.39, 0.29) is 26.4 Å². The lowest BCUT2D eigenvalue weighted by molar-refractivity contribution is -0.145. The maximum absolute atomic E-state index is 13.4. The van der Waals surface area contributed by atoms with Crippen molar-refractivity contribution in [3.63, 3.8) is 0 Å². The van der Waals surface area contributed by atoms with Crippen LogP contribution in [0, 0.1) is 0 Å². The van der Waals surface area contributed by atoms with Crippen LogP contribution in [0.4, 0.5) is 0 Å². The monoisotopic (exact) mass is 426 g/mol. The van der Waals surface area contributed by atoms with Crippen LogP contribution < -0.4 is 0 Å². The molecular formula is C17H32O8P2. The summed E-state index contributed by atoms with van der Waals surface area (Å²) in [4.78, 5) is 0. The zero-order valence-electron chi connectivity index (χ0n) is 17.0. The number of ether oxygens (including phenoxy) is 2. The molecule has 1 saturated heterocycles. The third kappa shape index (κ3) is 4.93. The van der Waals surface area contributed by atoms with Gasteiger partial charge in [0.15, 0.2) is 5.79 Å². The van der Waals surface area contributed by atoms with Crippen molar-refractivity contribution in [2.45, 2.75) is 70.9 Å². The van der Waals surface area contributed by atoms with Crippen LogP contribution in [0.1, 0.15) is 41.5 Å². The van der Waals surface area contributed by atoms with Crippen molar-refractivity contribution in [2.24, 2.45) is 0 Å². The molecule has 1 fully saturated rings. The average Bonchev–Trinajstić information content (AvgIpc) is 2.89. The fourth-order valence-corrected chi connectivity index (χ4v) is 7.58. The molecular weight excluding hydrogens is 394 g/mol. The predicted octanol–water partition coefficient (Wildman–Crippen LogP) is 4.35. The molecule has 2 rings (SSSR count). The molecule has 10 heteroatoms. The van der Waals surface area contributed by atoms with Crippen LogP contribution in [0.5, 0.6) is 0 Å². The van der Waals surface area contributed by atoms with Crippen molar-refractivity contribution in [1.82, 2.24) is 0 Å². The second kappa shape index (κ2) is 9.19. The van der Waals surface area contributed by atoms with Crippen LogP contribution in [0.15, 0.2) is 12.2 Å². The summed E-state index contributed by atoms with van der Waals surface area (Å²) >= 11 is 0. The highest BCUT2D eigenvalue weighted by Crippen LogP contribution is 2.63. The van der Waals surface area contributed by atoms with Crippen molar-refractivity contribution in [2.75, 3.05) is 26.4 Å². The molecule has 0 aromatic heterocycles. The Morgan fingerprint density at radius 1 is 0.741 bits per heavy atom. The predicted molar refractivity (Wildman–Crippen MR) is 102 cm³/mol. The topological polar surface area (TPSA) is 89.5 Å². The summed E-state index contributed by atoms with van der Waals surface area (Å²) < 4.78 is 60.9. The first-order valence-electron chi connectivity index (χ1n) is 9.47. The molecule has 27 heavy (non-hydrogen) atoms. The van der Waals surface area contributed by atoms with Crippen LogP contribution in [0.25, 0.3) is 0 Å². The lowest BCUT2D eigenvalue weighted by Crippen LogP contribution is -2.45. The maximum Gasteiger partial charge on any atom is 0.340 e. The summed E-state index contributed by atoms with van der Waals surface area (Å²) in [6.45, 7) is 11.5. The SMILES string of the molecule is CCOP(=O)(OCC)[C@@H]1C=C[C@H](P(=O)(OCC)OCC)[C@H]2OC(C)(C)O[C@H]21. The van der Waals surface area contributed by atoms with Gasteiger partial charge in [0.25, 0.3) is 0 Å². The van der Waals surface area contributed by atoms with E-state index in [9.17, 15) is 9.13 Å². The molecule has 1 aliphatic carbocycles. The number of hydrogen-bond acceptors (Lipinski definition) is 8. The molecule has 0 aromatic carbocycles. The Morgan fingerprint density at radius 3 is 1.30 bits per heavy atom. The minimum atomic E-state index is -3.49. The third-order valence-corrected chi connectivity index (χ3v) is 9.17. The van der Waals surface area contributed by atoms with Gasteiger partial charge in [-0.25, -0.2) is 0 Å². The Labute approximate surface area is 161 Å². The lowest BCUT2D eigenvalue weighted by atomic mass is 10.0. The summed E-state index contributed by atoms with van der Waals surface area (Å²) in [5.41, 5.74) is -1.34. The number of rotatable bonds is 10. The van der Waals surface area contributed by atoms with Gasteiger partial charge in [-0.1, -0.05) is 12.2 Å². The third-order valence-electron chi connectivity index (χ3n) is 4.31. The van der Waals surface area contributed by atoms with Crippen LogP contribution >= 0.6 is 15.2 Å². The Hall–Kier alpha value is -0.0400. The summed E-state index contributed by atoms with van der Waals surface area (Å²) in [5, 5.41) is 0. The van der Waals surface area contributed by atoms with E-state index < -0.39 is 44.5 Å². The molecule has 1 heterocycles. The summed E-state index contributed by atoms with van der Waals surface area (Å²) in [7, 11) is -6.99. The van der Waals surface area contributed by atoms with E-state index >= 15 is 0 Å². The zero-order valence-corrected chi connectivity index (χ0v) is 18.7.